The molecule has 2 amide bonds. The summed E-state index contributed by atoms with van der Waals surface area (Å²) in [7, 11) is 0. The van der Waals surface area contributed by atoms with E-state index >= 15 is 0 Å². The fourth-order valence-corrected chi connectivity index (χ4v) is 6.03. The smallest absolute Gasteiger partial charge is 0.309 e. The molecule has 2 aliphatic heterocycles. The lowest BCUT2D eigenvalue weighted by atomic mass is 9.96. The van der Waals surface area contributed by atoms with Crippen LogP contribution >= 0.6 is 11.3 Å². The van der Waals surface area contributed by atoms with Gasteiger partial charge in [0.2, 0.25) is 0 Å². The van der Waals surface area contributed by atoms with Gasteiger partial charge in [-0.2, -0.15) is 5.10 Å². The number of amides is 2. The van der Waals surface area contributed by atoms with Gasteiger partial charge in [0.15, 0.2) is 11.3 Å². The summed E-state index contributed by atoms with van der Waals surface area (Å²) in [5, 5.41) is 15.5. The third-order valence-electron chi connectivity index (χ3n) is 7.20. The first-order valence-corrected chi connectivity index (χ1v) is 13.6. The Kier molecular flexibility index (Phi) is 7.18. The third-order valence-corrected chi connectivity index (χ3v) is 8.21. The van der Waals surface area contributed by atoms with Crippen LogP contribution in [0.4, 0.5) is 0 Å². The van der Waals surface area contributed by atoms with Crippen LogP contribution in [0.15, 0.2) is 11.4 Å². The summed E-state index contributed by atoms with van der Waals surface area (Å²) in [5.41, 5.74) is 2.91. The number of ether oxygens (including phenoxy) is 1. The highest BCUT2D eigenvalue weighted by Gasteiger charge is 2.32. The Hall–Kier alpha value is -3.41. The predicted molar refractivity (Wildman–Crippen MR) is 136 cm³/mol. The van der Waals surface area contributed by atoms with Gasteiger partial charge in [-0.05, 0) is 46.5 Å². The zero-order valence-electron chi connectivity index (χ0n) is 21.3. The van der Waals surface area contributed by atoms with E-state index in [1.54, 1.807) is 16.3 Å². The zero-order valence-corrected chi connectivity index (χ0v) is 22.2. The predicted octanol–water partition coefficient (Wildman–Crippen LogP) is 2.63. The normalized spacial score (nSPS) is 17.4. The molecular formula is C25H31N7O4S. The number of likely N-dealkylation sites (tertiary alicyclic amines) is 2. The number of piperidine rings is 2. The van der Waals surface area contributed by atoms with Crippen LogP contribution in [0.3, 0.4) is 0 Å². The lowest BCUT2D eigenvalue weighted by molar-refractivity contribution is -0.149. The first-order valence-electron chi connectivity index (χ1n) is 12.8. The van der Waals surface area contributed by atoms with Crippen molar-refractivity contribution in [2.75, 3.05) is 32.8 Å². The molecule has 0 unspecified atom stereocenters. The molecule has 196 valence electrons. The molecule has 2 fully saturated rings. The summed E-state index contributed by atoms with van der Waals surface area (Å²) >= 11 is 1.50. The molecule has 0 aromatic carbocycles. The highest BCUT2D eigenvalue weighted by Crippen LogP contribution is 2.31. The fourth-order valence-electron chi connectivity index (χ4n) is 5.07. The molecule has 11 nitrogen and oxygen atoms in total. The van der Waals surface area contributed by atoms with Crippen LogP contribution in [0.5, 0.6) is 0 Å². The Bertz CT molecular complexity index is 1320. The lowest BCUT2D eigenvalue weighted by Crippen LogP contribution is -2.41. The molecule has 0 spiro atoms. The number of esters is 1. The average molecular weight is 526 g/mol. The largest absolute Gasteiger partial charge is 0.466 e. The van der Waals surface area contributed by atoms with Crippen LogP contribution in [-0.4, -0.2) is 85.2 Å². The molecule has 5 heterocycles. The molecule has 12 heteroatoms. The maximum absolute atomic E-state index is 13.2. The Morgan fingerprint density at radius 1 is 1.00 bits per heavy atom. The van der Waals surface area contributed by atoms with E-state index in [1.807, 2.05) is 30.2 Å². The molecule has 0 saturated carbocycles. The molecule has 5 rings (SSSR count). The zero-order chi connectivity index (χ0) is 26.1. The first-order chi connectivity index (χ1) is 17.9. The molecule has 3 aromatic rings. The Labute approximate surface area is 218 Å². The van der Waals surface area contributed by atoms with Crippen LogP contribution in [0.25, 0.3) is 5.65 Å². The van der Waals surface area contributed by atoms with Gasteiger partial charge in [-0.15, -0.1) is 21.5 Å². The number of thiazole rings is 1. The van der Waals surface area contributed by atoms with Gasteiger partial charge in [0, 0.05) is 43.5 Å². The first kappa shape index (κ1) is 25.2. The minimum atomic E-state index is -0.172. The highest BCUT2D eigenvalue weighted by molar-refractivity contribution is 7.09. The van der Waals surface area contributed by atoms with Crippen molar-refractivity contribution in [1.82, 2.24) is 34.6 Å². The standard InChI is InChI=1S/C25H31N7O4S/c1-4-36-25(35)18-7-11-30(12-8-18)23(33)19-14-37-22(26-19)17-5-9-31(10-6-17)24(34)21-16(3)32-20(27-28-21)13-15(2)29-32/h13-14,17-18H,4-12H2,1-3H3. The maximum atomic E-state index is 13.2. The van der Waals surface area contributed by atoms with Crippen LogP contribution in [0, 0.1) is 19.8 Å². The Morgan fingerprint density at radius 2 is 1.68 bits per heavy atom. The van der Waals surface area contributed by atoms with Crippen molar-refractivity contribution in [1.29, 1.82) is 0 Å². The van der Waals surface area contributed by atoms with Gasteiger partial charge in [0.1, 0.15) is 5.69 Å². The molecule has 0 radical (unpaired) electrons. The molecule has 2 saturated heterocycles. The summed E-state index contributed by atoms with van der Waals surface area (Å²) in [6.45, 7) is 8.13. The van der Waals surface area contributed by atoms with E-state index in [4.69, 9.17) is 4.74 Å². The summed E-state index contributed by atoms with van der Waals surface area (Å²) in [6.07, 6.45) is 2.77. The van der Waals surface area contributed by atoms with Gasteiger partial charge in [0.05, 0.1) is 28.9 Å². The van der Waals surface area contributed by atoms with Gasteiger partial charge in [-0.25, -0.2) is 9.50 Å². The van der Waals surface area contributed by atoms with E-state index < -0.39 is 0 Å². The molecule has 37 heavy (non-hydrogen) atoms. The minimum Gasteiger partial charge on any atom is -0.466 e. The summed E-state index contributed by atoms with van der Waals surface area (Å²) in [5.74, 6) is -0.332. The highest BCUT2D eigenvalue weighted by atomic mass is 32.1. The van der Waals surface area contributed by atoms with Crippen molar-refractivity contribution in [2.45, 2.75) is 52.4 Å². The monoisotopic (exact) mass is 525 g/mol. The van der Waals surface area contributed by atoms with Crippen molar-refractivity contribution in [3.63, 3.8) is 0 Å². The summed E-state index contributed by atoms with van der Waals surface area (Å²) in [4.78, 5) is 46.4. The van der Waals surface area contributed by atoms with Crippen LogP contribution in [0.1, 0.15) is 75.9 Å². The van der Waals surface area contributed by atoms with Crippen molar-refractivity contribution in [3.05, 3.63) is 39.2 Å². The Balaban J connectivity index is 1.17. The van der Waals surface area contributed by atoms with E-state index in [9.17, 15) is 14.4 Å². The number of carbonyl (C=O) groups excluding carboxylic acids is 3. The van der Waals surface area contributed by atoms with E-state index in [1.165, 1.54) is 11.3 Å². The third kappa shape index (κ3) is 5.07. The number of aromatic nitrogens is 5. The number of rotatable bonds is 5. The van der Waals surface area contributed by atoms with Crippen molar-refractivity contribution in [2.24, 2.45) is 5.92 Å². The molecule has 0 atom stereocenters. The van der Waals surface area contributed by atoms with E-state index in [0.29, 0.717) is 68.4 Å². The van der Waals surface area contributed by atoms with Gasteiger partial charge >= 0.3 is 5.97 Å². The molecule has 0 aliphatic carbocycles. The fraction of sp³-hybridized carbons (Fsp3) is 0.560. The van der Waals surface area contributed by atoms with Crippen LogP contribution in [0.2, 0.25) is 0 Å². The second kappa shape index (κ2) is 10.5. The topological polar surface area (TPSA) is 123 Å². The van der Waals surface area contributed by atoms with Gasteiger partial charge in [-0.3, -0.25) is 14.4 Å². The Morgan fingerprint density at radius 3 is 2.38 bits per heavy atom. The van der Waals surface area contributed by atoms with Gasteiger partial charge in [0.25, 0.3) is 11.8 Å². The number of fused-ring (bicyclic) bond motifs is 1. The average Bonchev–Trinajstić information content (AvgIpc) is 3.56. The van der Waals surface area contributed by atoms with Crippen molar-refractivity contribution < 1.29 is 19.1 Å². The second-order valence-electron chi connectivity index (χ2n) is 9.65. The van der Waals surface area contributed by atoms with Crippen LogP contribution in [-0.2, 0) is 9.53 Å². The molecular weight excluding hydrogens is 494 g/mol. The van der Waals surface area contributed by atoms with E-state index in [0.717, 1.165) is 23.5 Å². The maximum Gasteiger partial charge on any atom is 0.309 e. The number of hydrogen-bond donors (Lipinski definition) is 0. The summed E-state index contributed by atoms with van der Waals surface area (Å²) in [6, 6.07) is 1.83. The number of aryl methyl sites for hydroxylation is 2. The lowest BCUT2D eigenvalue weighted by Gasteiger charge is -2.31. The van der Waals surface area contributed by atoms with E-state index in [2.05, 4.69) is 20.3 Å². The van der Waals surface area contributed by atoms with Gasteiger partial charge < -0.3 is 14.5 Å². The summed E-state index contributed by atoms with van der Waals surface area (Å²) < 4.78 is 6.78. The minimum absolute atomic E-state index is 0.0873. The molecule has 0 N–H and O–H groups in total. The number of hydrogen-bond acceptors (Lipinski definition) is 9. The second-order valence-corrected chi connectivity index (χ2v) is 10.5. The quantitative estimate of drug-likeness (QED) is 0.466. The number of carbonyl (C=O) groups is 3. The van der Waals surface area contributed by atoms with Gasteiger partial charge in [-0.1, -0.05) is 0 Å². The van der Waals surface area contributed by atoms with Crippen LogP contribution < -0.4 is 0 Å². The SMILES string of the molecule is CCOC(=O)C1CCN(C(=O)c2csc(C3CCN(C(=O)c4nnc5cc(C)nn5c4C)CC3)n2)CC1. The number of nitrogens with zero attached hydrogens (tertiary/aromatic N) is 7. The molecule has 2 aliphatic rings. The van der Waals surface area contributed by atoms with E-state index in [-0.39, 0.29) is 29.6 Å². The van der Waals surface area contributed by atoms with Crippen molar-refractivity contribution >= 4 is 34.8 Å². The molecule has 3 aromatic heterocycles. The molecule has 0 bridgehead atoms. The van der Waals surface area contributed by atoms with Crippen molar-refractivity contribution in [3.8, 4) is 0 Å².